The molecule has 0 aliphatic carbocycles. The van der Waals surface area contributed by atoms with Crippen LogP contribution in [0.4, 0.5) is 17.1 Å². The summed E-state index contributed by atoms with van der Waals surface area (Å²) in [6.07, 6.45) is -0.478. The third-order valence-corrected chi connectivity index (χ3v) is 6.70. The maximum absolute atomic E-state index is 13.5. The van der Waals surface area contributed by atoms with Crippen molar-refractivity contribution in [2.24, 2.45) is 5.41 Å². The SMILES string of the molecule is CNC1c2cc(N)ccc2N(OC(=O)C(C)(C)C)C(N2C(=O)Cc3ccccc32)C1(NC)NC. The van der Waals surface area contributed by atoms with E-state index in [1.54, 1.807) is 36.8 Å². The van der Waals surface area contributed by atoms with Crippen molar-refractivity contribution in [1.82, 2.24) is 16.0 Å². The molecular formula is C25H34N6O3. The Morgan fingerprint density at radius 2 is 1.76 bits per heavy atom. The zero-order valence-corrected chi connectivity index (χ0v) is 20.6. The molecule has 0 aromatic heterocycles. The summed E-state index contributed by atoms with van der Waals surface area (Å²) in [6.45, 7) is 5.40. The van der Waals surface area contributed by atoms with E-state index in [1.165, 1.54) is 0 Å². The molecule has 0 fully saturated rings. The van der Waals surface area contributed by atoms with E-state index in [0.29, 0.717) is 11.4 Å². The van der Waals surface area contributed by atoms with Crippen LogP contribution in [0.5, 0.6) is 0 Å². The summed E-state index contributed by atoms with van der Waals surface area (Å²) in [5.74, 6) is -0.490. The van der Waals surface area contributed by atoms with Gasteiger partial charge in [0.2, 0.25) is 5.91 Å². The molecule has 0 bridgehead atoms. The van der Waals surface area contributed by atoms with Gasteiger partial charge in [-0.2, -0.15) is 5.06 Å². The number of nitrogens with two attached hydrogens (primary N) is 1. The number of benzene rings is 2. The van der Waals surface area contributed by atoms with Crippen LogP contribution < -0.4 is 31.6 Å². The molecule has 0 spiro atoms. The highest BCUT2D eigenvalue weighted by Crippen LogP contribution is 2.47. The third-order valence-electron chi connectivity index (χ3n) is 6.70. The van der Waals surface area contributed by atoms with Gasteiger partial charge in [-0.25, -0.2) is 4.79 Å². The van der Waals surface area contributed by atoms with Crippen LogP contribution in [-0.2, 0) is 20.8 Å². The predicted molar refractivity (Wildman–Crippen MR) is 133 cm³/mol. The molecule has 2 atom stereocenters. The summed E-state index contributed by atoms with van der Waals surface area (Å²) in [6, 6.07) is 12.9. The Bertz CT molecular complexity index is 1110. The first-order chi connectivity index (χ1) is 16.1. The van der Waals surface area contributed by atoms with Crippen molar-refractivity contribution < 1.29 is 14.4 Å². The molecule has 2 unspecified atom stereocenters. The average Bonchev–Trinajstić information content (AvgIpc) is 3.12. The van der Waals surface area contributed by atoms with Gasteiger partial charge in [-0.3, -0.25) is 20.3 Å². The minimum Gasteiger partial charge on any atom is -0.399 e. The van der Waals surface area contributed by atoms with Crippen molar-refractivity contribution in [3.05, 3.63) is 53.6 Å². The topological polar surface area (TPSA) is 112 Å². The molecule has 2 aliphatic rings. The molecule has 9 nitrogen and oxygen atoms in total. The molecule has 182 valence electrons. The molecule has 1 amide bonds. The van der Waals surface area contributed by atoms with Crippen LogP contribution >= 0.6 is 0 Å². The molecule has 34 heavy (non-hydrogen) atoms. The number of likely N-dealkylation sites (N-methyl/N-ethyl adjacent to an activating group) is 3. The Labute approximate surface area is 200 Å². The van der Waals surface area contributed by atoms with Crippen molar-refractivity contribution in [2.75, 3.05) is 36.8 Å². The fourth-order valence-electron chi connectivity index (χ4n) is 4.95. The summed E-state index contributed by atoms with van der Waals surface area (Å²) in [7, 11) is 5.50. The number of hydroxylamine groups is 1. The van der Waals surface area contributed by atoms with E-state index in [9.17, 15) is 9.59 Å². The summed E-state index contributed by atoms with van der Waals surface area (Å²) < 4.78 is 0. The number of hydrogen-bond donors (Lipinski definition) is 4. The van der Waals surface area contributed by atoms with Crippen LogP contribution in [0.1, 0.15) is 37.9 Å². The summed E-state index contributed by atoms with van der Waals surface area (Å²) in [5, 5.41) is 11.8. The quantitative estimate of drug-likeness (QED) is 0.391. The van der Waals surface area contributed by atoms with Crippen molar-refractivity contribution in [3.63, 3.8) is 0 Å². The lowest BCUT2D eigenvalue weighted by Gasteiger charge is -2.56. The minimum absolute atomic E-state index is 0.0772. The smallest absolute Gasteiger partial charge is 0.337 e. The van der Waals surface area contributed by atoms with Crippen LogP contribution in [0.25, 0.3) is 0 Å². The molecule has 2 aromatic carbocycles. The zero-order valence-electron chi connectivity index (χ0n) is 20.6. The highest BCUT2D eigenvalue weighted by molar-refractivity contribution is 6.02. The number of fused-ring (bicyclic) bond motifs is 2. The molecule has 0 saturated carbocycles. The van der Waals surface area contributed by atoms with Crippen molar-refractivity contribution in [1.29, 1.82) is 0 Å². The monoisotopic (exact) mass is 466 g/mol. The van der Waals surface area contributed by atoms with Gasteiger partial charge < -0.3 is 15.9 Å². The molecule has 0 radical (unpaired) electrons. The van der Waals surface area contributed by atoms with Crippen molar-refractivity contribution in [2.45, 2.75) is 45.1 Å². The number of nitrogens with zero attached hydrogens (tertiary/aromatic N) is 2. The van der Waals surface area contributed by atoms with E-state index in [0.717, 1.165) is 16.8 Å². The van der Waals surface area contributed by atoms with E-state index in [-0.39, 0.29) is 18.4 Å². The Kier molecular flexibility index (Phi) is 6.05. The molecule has 5 N–H and O–H groups in total. The number of carbonyl (C=O) groups is 2. The van der Waals surface area contributed by atoms with Gasteiger partial charge in [-0.15, -0.1) is 0 Å². The second-order valence-electron chi connectivity index (χ2n) is 9.81. The largest absolute Gasteiger partial charge is 0.399 e. The van der Waals surface area contributed by atoms with Gasteiger partial charge in [0.15, 0.2) is 6.17 Å². The lowest BCUT2D eigenvalue weighted by molar-refractivity contribution is -0.157. The van der Waals surface area contributed by atoms with Gasteiger partial charge in [0, 0.05) is 16.9 Å². The second-order valence-corrected chi connectivity index (χ2v) is 9.81. The minimum atomic E-state index is -0.958. The van der Waals surface area contributed by atoms with E-state index in [2.05, 4.69) is 16.0 Å². The first kappa shape index (κ1) is 24.0. The van der Waals surface area contributed by atoms with Gasteiger partial charge in [0.05, 0.1) is 23.6 Å². The van der Waals surface area contributed by atoms with Gasteiger partial charge >= 0.3 is 5.97 Å². The molecule has 4 rings (SSSR count). The summed E-state index contributed by atoms with van der Waals surface area (Å²) in [5.41, 5.74) is 8.26. The van der Waals surface area contributed by atoms with Crippen LogP contribution in [0, 0.1) is 5.41 Å². The fraction of sp³-hybridized carbons (Fsp3) is 0.440. The van der Waals surface area contributed by atoms with Crippen LogP contribution in [0.2, 0.25) is 0 Å². The molecule has 2 aromatic rings. The standard InChI is InChI=1S/C25H34N6O3/c1-24(2,3)23(33)34-31-19-12-11-16(26)14-17(19)21(27-4)25(28-5,29-6)22(31)30-18-10-8-7-9-15(18)13-20(30)32/h7-12,14,21-22,27-29H,13,26H2,1-6H3. The zero-order chi connectivity index (χ0) is 24.8. The Hall–Kier alpha value is -3.14. The first-order valence-corrected chi connectivity index (χ1v) is 11.4. The van der Waals surface area contributed by atoms with E-state index < -0.39 is 23.2 Å². The lowest BCUT2D eigenvalue weighted by atomic mass is 9.83. The predicted octanol–water partition coefficient (Wildman–Crippen LogP) is 1.90. The number of carbonyl (C=O) groups excluding carboxylic acids is 2. The van der Waals surface area contributed by atoms with Gasteiger partial charge in [-0.1, -0.05) is 18.2 Å². The van der Waals surface area contributed by atoms with Crippen LogP contribution in [0.15, 0.2) is 42.5 Å². The summed E-state index contributed by atoms with van der Waals surface area (Å²) in [4.78, 5) is 34.5. The third kappa shape index (κ3) is 3.60. The van der Waals surface area contributed by atoms with Gasteiger partial charge in [0.25, 0.3) is 0 Å². The second kappa shape index (κ2) is 8.57. The molecule has 0 saturated heterocycles. The average molecular weight is 467 g/mol. The fourth-order valence-corrected chi connectivity index (χ4v) is 4.95. The first-order valence-electron chi connectivity index (χ1n) is 11.4. The molecule has 2 heterocycles. The van der Waals surface area contributed by atoms with Gasteiger partial charge in [0.1, 0.15) is 5.66 Å². The number of nitrogen functional groups attached to an aromatic ring is 1. The Morgan fingerprint density at radius 1 is 1.09 bits per heavy atom. The Balaban J connectivity index is 2.00. The van der Waals surface area contributed by atoms with Crippen LogP contribution in [-0.4, -0.2) is 44.8 Å². The van der Waals surface area contributed by atoms with Crippen molar-refractivity contribution in [3.8, 4) is 0 Å². The maximum atomic E-state index is 13.5. The molecule has 9 heteroatoms. The number of rotatable bonds is 5. The number of para-hydroxylation sites is 1. The molecular weight excluding hydrogens is 432 g/mol. The number of hydrogen-bond acceptors (Lipinski definition) is 8. The highest BCUT2D eigenvalue weighted by Gasteiger charge is 2.58. The normalized spacial score (nSPS) is 21.3. The summed E-state index contributed by atoms with van der Waals surface area (Å²) >= 11 is 0. The van der Waals surface area contributed by atoms with E-state index in [1.807, 2.05) is 57.5 Å². The van der Waals surface area contributed by atoms with Gasteiger partial charge in [-0.05, 0) is 71.7 Å². The van der Waals surface area contributed by atoms with Crippen molar-refractivity contribution >= 4 is 28.9 Å². The maximum Gasteiger partial charge on any atom is 0.337 e. The van der Waals surface area contributed by atoms with E-state index in [4.69, 9.17) is 10.6 Å². The lowest BCUT2D eigenvalue weighted by Crippen LogP contribution is -2.78. The highest BCUT2D eigenvalue weighted by atomic mass is 16.7. The number of amides is 1. The number of anilines is 3. The van der Waals surface area contributed by atoms with E-state index >= 15 is 0 Å². The Morgan fingerprint density at radius 3 is 2.38 bits per heavy atom. The molecule has 2 aliphatic heterocycles. The van der Waals surface area contributed by atoms with Crippen LogP contribution in [0.3, 0.4) is 0 Å². The number of nitrogens with one attached hydrogen (secondary N) is 3.